The van der Waals surface area contributed by atoms with E-state index in [4.69, 9.17) is 4.74 Å². The SMILES string of the molecule is COc1cccc([C@H](CNc2nnc(C)s2)N(C)C)c1. The fourth-order valence-corrected chi connectivity index (χ4v) is 2.60. The molecule has 6 heteroatoms. The molecule has 20 heavy (non-hydrogen) atoms. The van der Waals surface area contributed by atoms with E-state index >= 15 is 0 Å². The summed E-state index contributed by atoms with van der Waals surface area (Å²) in [6.07, 6.45) is 0. The van der Waals surface area contributed by atoms with Crippen LogP contribution in [0.1, 0.15) is 16.6 Å². The molecular formula is C14H20N4OS. The highest BCUT2D eigenvalue weighted by Crippen LogP contribution is 2.24. The predicted molar refractivity (Wildman–Crippen MR) is 82.6 cm³/mol. The smallest absolute Gasteiger partial charge is 0.205 e. The van der Waals surface area contributed by atoms with Crippen molar-refractivity contribution in [1.82, 2.24) is 15.1 Å². The maximum atomic E-state index is 5.29. The first-order valence-corrected chi connectivity index (χ1v) is 7.26. The highest BCUT2D eigenvalue weighted by atomic mass is 32.1. The van der Waals surface area contributed by atoms with Gasteiger partial charge < -0.3 is 15.0 Å². The van der Waals surface area contributed by atoms with Crippen LogP contribution in [-0.2, 0) is 0 Å². The first-order chi connectivity index (χ1) is 9.60. The normalized spacial score (nSPS) is 12.4. The third-order valence-corrected chi connectivity index (χ3v) is 3.87. The quantitative estimate of drug-likeness (QED) is 0.887. The van der Waals surface area contributed by atoms with Crippen LogP contribution in [0.3, 0.4) is 0 Å². The maximum absolute atomic E-state index is 5.29. The molecule has 1 aromatic heterocycles. The van der Waals surface area contributed by atoms with Crippen molar-refractivity contribution in [3.8, 4) is 5.75 Å². The summed E-state index contributed by atoms with van der Waals surface area (Å²) >= 11 is 1.57. The molecule has 0 radical (unpaired) electrons. The van der Waals surface area contributed by atoms with Gasteiger partial charge >= 0.3 is 0 Å². The number of hydrogen-bond donors (Lipinski definition) is 1. The lowest BCUT2D eigenvalue weighted by Crippen LogP contribution is -2.26. The first kappa shape index (κ1) is 14.7. The lowest BCUT2D eigenvalue weighted by atomic mass is 10.1. The van der Waals surface area contributed by atoms with Gasteiger partial charge in [0.15, 0.2) is 0 Å². The number of aromatic nitrogens is 2. The fourth-order valence-electron chi connectivity index (χ4n) is 2.00. The molecule has 0 aliphatic heterocycles. The van der Waals surface area contributed by atoms with Gasteiger partial charge in [0, 0.05) is 6.54 Å². The Labute approximate surface area is 123 Å². The van der Waals surface area contributed by atoms with Crippen LogP contribution in [0.15, 0.2) is 24.3 Å². The van der Waals surface area contributed by atoms with Gasteiger partial charge in [0.25, 0.3) is 0 Å². The Morgan fingerprint density at radius 1 is 1.35 bits per heavy atom. The maximum Gasteiger partial charge on any atom is 0.205 e. The molecule has 0 bridgehead atoms. The molecule has 1 N–H and O–H groups in total. The molecular weight excluding hydrogens is 272 g/mol. The standard InChI is InChI=1S/C14H20N4OS/c1-10-16-17-14(20-10)15-9-13(18(2)3)11-6-5-7-12(8-11)19-4/h5-8,13H,9H2,1-4H3,(H,15,17)/t13-/m0/s1. The molecule has 0 spiro atoms. The highest BCUT2D eigenvalue weighted by molar-refractivity contribution is 7.15. The number of aryl methyl sites for hydroxylation is 1. The van der Waals surface area contributed by atoms with E-state index in [-0.39, 0.29) is 6.04 Å². The number of likely N-dealkylation sites (N-methyl/N-ethyl adjacent to an activating group) is 1. The summed E-state index contributed by atoms with van der Waals surface area (Å²) in [5.41, 5.74) is 1.21. The van der Waals surface area contributed by atoms with Crippen molar-refractivity contribution >= 4 is 16.5 Å². The summed E-state index contributed by atoms with van der Waals surface area (Å²) in [6.45, 7) is 2.73. The molecule has 0 saturated carbocycles. The van der Waals surface area contributed by atoms with Crippen molar-refractivity contribution in [3.63, 3.8) is 0 Å². The minimum atomic E-state index is 0.245. The molecule has 1 heterocycles. The van der Waals surface area contributed by atoms with Gasteiger partial charge in [0.05, 0.1) is 13.2 Å². The molecule has 0 unspecified atom stereocenters. The number of methoxy groups -OCH3 is 1. The number of anilines is 1. The topological polar surface area (TPSA) is 50.3 Å². The van der Waals surface area contributed by atoms with Crippen molar-refractivity contribution in [2.45, 2.75) is 13.0 Å². The Bertz CT molecular complexity index is 556. The Morgan fingerprint density at radius 2 is 2.15 bits per heavy atom. The minimum absolute atomic E-state index is 0.245. The molecule has 108 valence electrons. The Hall–Kier alpha value is -1.66. The zero-order valence-corrected chi connectivity index (χ0v) is 13.1. The van der Waals surface area contributed by atoms with Crippen LogP contribution in [0.5, 0.6) is 5.75 Å². The first-order valence-electron chi connectivity index (χ1n) is 6.44. The third-order valence-electron chi connectivity index (χ3n) is 3.07. The minimum Gasteiger partial charge on any atom is -0.497 e. The van der Waals surface area contributed by atoms with E-state index in [0.717, 1.165) is 22.4 Å². The third kappa shape index (κ3) is 3.68. The van der Waals surface area contributed by atoms with E-state index in [0.29, 0.717) is 0 Å². The number of nitrogens with one attached hydrogen (secondary N) is 1. The number of benzene rings is 1. The van der Waals surface area contributed by atoms with E-state index in [2.05, 4.69) is 46.6 Å². The Balaban J connectivity index is 2.10. The molecule has 2 rings (SSSR count). The summed E-state index contributed by atoms with van der Waals surface area (Å²) in [4.78, 5) is 2.18. The van der Waals surface area contributed by atoms with Crippen molar-refractivity contribution in [1.29, 1.82) is 0 Å². The van der Waals surface area contributed by atoms with Gasteiger partial charge in [-0.3, -0.25) is 0 Å². The lowest BCUT2D eigenvalue weighted by Gasteiger charge is -2.25. The summed E-state index contributed by atoms with van der Waals surface area (Å²) in [6, 6.07) is 8.39. The van der Waals surface area contributed by atoms with Crippen molar-refractivity contribution < 1.29 is 4.74 Å². The second kappa shape index (κ2) is 6.67. The van der Waals surface area contributed by atoms with Crippen molar-refractivity contribution in [2.75, 3.05) is 33.1 Å². The van der Waals surface area contributed by atoms with Crippen molar-refractivity contribution in [2.24, 2.45) is 0 Å². The molecule has 0 amide bonds. The zero-order chi connectivity index (χ0) is 14.5. The van der Waals surface area contributed by atoms with Crippen LogP contribution in [0, 0.1) is 6.92 Å². The second-order valence-corrected chi connectivity index (χ2v) is 5.94. The van der Waals surface area contributed by atoms with Gasteiger partial charge in [-0.1, -0.05) is 23.5 Å². The number of ether oxygens (including phenoxy) is 1. The van der Waals surface area contributed by atoms with Crippen molar-refractivity contribution in [3.05, 3.63) is 34.8 Å². The van der Waals surface area contributed by atoms with Gasteiger partial charge in [-0.25, -0.2) is 0 Å². The Morgan fingerprint density at radius 3 is 2.75 bits per heavy atom. The van der Waals surface area contributed by atoms with E-state index in [1.54, 1.807) is 18.4 Å². The lowest BCUT2D eigenvalue weighted by molar-refractivity contribution is 0.310. The molecule has 0 fully saturated rings. The number of hydrogen-bond acceptors (Lipinski definition) is 6. The highest BCUT2D eigenvalue weighted by Gasteiger charge is 2.15. The van der Waals surface area contributed by atoms with Crippen LogP contribution < -0.4 is 10.1 Å². The van der Waals surface area contributed by atoms with Crippen LogP contribution in [0.4, 0.5) is 5.13 Å². The average molecular weight is 292 g/mol. The van der Waals surface area contributed by atoms with Gasteiger partial charge in [-0.15, -0.1) is 10.2 Å². The van der Waals surface area contributed by atoms with Gasteiger partial charge in [0.2, 0.25) is 5.13 Å². The predicted octanol–water partition coefficient (Wildman–Crippen LogP) is 2.57. The summed E-state index contributed by atoms with van der Waals surface area (Å²) in [7, 11) is 5.82. The van der Waals surface area contributed by atoms with Gasteiger partial charge in [-0.2, -0.15) is 0 Å². The molecule has 5 nitrogen and oxygen atoms in total. The van der Waals surface area contributed by atoms with E-state index in [9.17, 15) is 0 Å². The number of rotatable bonds is 6. The molecule has 0 aliphatic carbocycles. The van der Waals surface area contributed by atoms with E-state index in [1.807, 2.05) is 19.1 Å². The molecule has 1 atom stereocenters. The largest absolute Gasteiger partial charge is 0.497 e. The second-order valence-electron chi connectivity index (χ2n) is 4.76. The van der Waals surface area contributed by atoms with Crippen LogP contribution >= 0.6 is 11.3 Å². The van der Waals surface area contributed by atoms with Crippen LogP contribution in [-0.4, -0.2) is 42.8 Å². The number of nitrogens with zero attached hydrogens (tertiary/aromatic N) is 3. The molecule has 1 aromatic carbocycles. The van der Waals surface area contributed by atoms with E-state index in [1.165, 1.54) is 5.56 Å². The summed E-state index contributed by atoms with van der Waals surface area (Å²) in [5, 5.41) is 13.3. The zero-order valence-electron chi connectivity index (χ0n) is 12.3. The summed E-state index contributed by atoms with van der Waals surface area (Å²) < 4.78 is 5.29. The summed E-state index contributed by atoms with van der Waals surface area (Å²) in [5.74, 6) is 0.876. The molecule has 0 aliphatic rings. The van der Waals surface area contributed by atoms with Gasteiger partial charge in [-0.05, 0) is 38.7 Å². The molecule has 0 saturated heterocycles. The molecule has 2 aromatic rings. The van der Waals surface area contributed by atoms with Crippen LogP contribution in [0.25, 0.3) is 0 Å². The average Bonchev–Trinajstić information content (AvgIpc) is 2.84. The van der Waals surface area contributed by atoms with E-state index < -0.39 is 0 Å². The van der Waals surface area contributed by atoms with Gasteiger partial charge in [0.1, 0.15) is 10.8 Å². The Kier molecular flexibility index (Phi) is 4.92. The van der Waals surface area contributed by atoms with Crippen LogP contribution in [0.2, 0.25) is 0 Å². The fraction of sp³-hybridized carbons (Fsp3) is 0.429. The monoisotopic (exact) mass is 292 g/mol.